The zero-order valence-corrected chi connectivity index (χ0v) is 17.4. The Morgan fingerprint density at radius 2 is 1.81 bits per heavy atom. The molecule has 7 heteroatoms. The van der Waals surface area contributed by atoms with Crippen LogP contribution in [0, 0.1) is 18.7 Å². The van der Waals surface area contributed by atoms with Crippen molar-refractivity contribution in [2.75, 3.05) is 18.0 Å². The molecule has 1 N–H and O–H groups in total. The highest BCUT2D eigenvalue weighted by molar-refractivity contribution is 5.79. The van der Waals surface area contributed by atoms with Crippen LogP contribution in [0.25, 0.3) is 0 Å². The van der Waals surface area contributed by atoms with E-state index in [-0.39, 0.29) is 24.2 Å². The molecule has 0 bridgehead atoms. The average Bonchev–Trinajstić information content (AvgIpc) is 2.80. The lowest BCUT2D eigenvalue weighted by atomic mass is 9.96. The summed E-state index contributed by atoms with van der Waals surface area (Å²) in [5.41, 5.74) is 1.65. The van der Waals surface area contributed by atoms with Gasteiger partial charge in [-0.25, -0.2) is 14.4 Å². The Balaban J connectivity index is 1.35. The first-order valence-electron chi connectivity index (χ1n) is 10.4. The van der Waals surface area contributed by atoms with E-state index >= 15 is 0 Å². The average molecular weight is 420 g/mol. The van der Waals surface area contributed by atoms with Crippen LogP contribution in [0.2, 0.25) is 0 Å². The van der Waals surface area contributed by atoms with Gasteiger partial charge in [0.2, 0.25) is 5.91 Å². The van der Waals surface area contributed by atoms with Gasteiger partial charge < -0.3 is 15.0 Å². The maximum atomic E-state index is 13.8. The molecule has 1 aliphatic rings. The number of carbonyl (C=O) groups excluding carboxylic acids is 1. The molecule has 160 valence electrons. The second-order valence-corrected chi connectivity index (χ2v) is 7.67. The molecule has 0 saturated carbocycles. The van der Waals surface area contributed by atoms with Crippen LogP contribution in [-0.4, -0.2) is 29.0 Å². The summed E-state index contributed by atoms with van der Waals surface area (Å²) in [6.45, 7) is 3.56. The Morgan fingerprint density at radius 1 is 1.10 bits per heavy atom. The molecule has 1 saturated heterocycles. The lowest BCUT2D eigenvalue weighted by molar-refractivity contribution is -0.125. The second kappa shape index (κ2) is 9.55. The highest BCUT2D eigenvalue weighted by atomic mass is 19.1. The van der Waals surface area contributed by atoms with Gasteiger partial charge in [-0.1, -0.05) is 35.9 Å². The van der Waals surface area contributed by atoms with E-state index in [9.17, 15) is 9.18 Å². The first-order valence-corrected chi connectivity index (χ1v) is 10.4. The van der Waals surface area contributed by atoms with Crippen molar-refractivity contribution in [2.24, 2.45) is 5.92 Å². The lowest BCUT2D eigenvalue weighted by Gasteiger charge is -2.32. The molecule has 31 heavy (non-hydrogen) atoms. The summed E-state index contributed by atoms with van der Waals surface area (Å²) in [7, 11) is 0. The highest BCUT2D eigenvalue weighted by Crippen LogP contribution is 2.31. The smallest absolute Gasteiger partial charge is 0.263 e. The van der Waals surface area contributed by atoms with Crippen LogP contribution >= 0.6 is 0 Å². The molecule has 1 aromatic heterocycles. The minimum Gasteiger partial charge on any atom is -0.436 e. The van der Waals surface area contributed by atoms with Crippen molar-refractivity contribution in [3.05, 3.63) is 77.9 Å². The minimum absolute atomic E-state index is 0.0434. The van der Waals surface area contributed by atoms with Crippen LogP contribution in [0.4, 0.5) is 10.2 Å². The summed E-state index contributed by atoms with van der Waals surface area (Å²) in [5, 5.41) is 2.86. The van der Waals surface area contributed by atoms with E-state index in [4.69, 9.17) is 4.74 Å². The van der Waals surface area contributed by atoms with E-state index in [2.05, 4.69) is 20.2 Å². The Bertz CT molecular complexity index is 1030. The van der Waals surface area contributed by atoms with E-state index in [1.165, 1.54) is 6.07 Å². The number of nitrogens with one attached hydrogen (secondary N) is 1. The summed E-state index contributed by atoms with van der Waals surface area (Å²) < 4.78 is 19.7. The van der Waals surface area contributed by atoms with E-state index in [1.54, 1.807) is 30.6 Å². The monoisotopic (exact) mass is 420 g/mol. The van der Waals surface area contributed by atoms with E-state index in [1.807, 2.05) is 31.2 Å². The normalized spacial score (nSPS) is 14.3. The largest absolute Gasteiger partial charge is 0.436 e. The maximum Gasteiger partial charge on any atom is 0.263 e. The van der Waals surface area contributed by atoms with E-state index < -0.39 is 0 Å². The Kier molecular flexibility index (Phi) is 6.40. The number of anilines is 1. The number of benzene rings is 2. The second-order valence-electron chi connectivity index (χ2n) is 7.67. The molecule has 0 aliphatic carbocycles. The van der Waals surface area contributed by atoms with Gasteiger partial charge in [-0.05, 0) is 38.0 Å². The van der Waals surface area contributed by atoms with Gasteiger partial charge in [0, 0.05) is 43.5 Å². The number of hydrogen-bond donors (Lipinski definition) is 1. The number of amides is 1. The van der Waals surface area contributed by atoms with E-state index in [0.717, 1.165) is 5.56 Å². The van der Waals surface area contributed by atoms with Gasteiger partial charge >= 0.3 is 0 Å². The molecule has 1 aliphatic heterocycles. The number of piperidine rings is 1. The van der Waals surface area contributed by atoms with Crippen LogP contribution in [-0.2, 0) is 11.3 Å². The molecule has 1 amide bonds. The molecule has 0 atom stereocenters. The fraction of sp³-hybridized carbons (Fsp3) is 0.292. The summed E-state index contributed by atoms with van der Waals surface area (Å²) in [6.07, 6.45) is 4.62. The third-order valence-corrected chi connectivity index (χ3v) is 5.46. The Morgan fingerprint density at radius 3 is 2.55 bits per heavy atom. The standard InChI is InChI=1S/C24H25FN4O2/c1-17-6-8-20(9-7-17)31-24-22(26-12-13-27-24)29-14-10-18(11-15-29)23(30)28-16-19-4-2-3-5-21(19)25/h2-9,12-13,18H,10-11,14-16H2,1H3,(H,28,30). The van der Waals surface area contributed by atoms with Gasteiger partial charge in [0.25, 0.3) is 5.88 Å². The van der Waals surface area contributed by atoms with Gasteiger partial charge in [0.1, 0.15) is 11.6 Å². The van der Waals surface area contributed by atoms with Crippen LogP contribution in [0.1, 0.15) is 24.0 Å². The minimum atomic E-state index is -0.304. The van der Waals surface area contributed by atoms with Gasteiger partial charge in [0.05, 0.1) is 0 Å². The van der Waals surface area contributed by atoms with Crippen LogP contribution < -0.4 is 15.0 Å². The predicted octanol–water partition coefficient (Wildman–Crippen LogP) is 4.25. The van der Waals surface area contributed by atoms with Crippen LogP contribution in [0.3, 0.4) is 0 Å². The number of aryl methyl sites for hydroxylation is 1. The van der Waals surface area contributed by atoms with E-state index in [0.29, 0.717) is 48.9 Å². The van der Waals surface area contributed by atoms with Crippen molar-refractivity contribution in [3.63, 3.8) is 0 Å². The molecule has 0 spiro atoms. The molecular formula is C24H25FN4O2. The number of aromatic nitrogens is 2. The van der Waals surface area contributed by atoms with Crippen LogP contribution in [0.15, 0.2) is 60.9 Å². The maximum absolute atomic E-state index is 13.8. The zero-order chi connectivity index (χ0) is 21.6. The molecule has 4 rings (SSSR count). The molecule has 0 unspecified atom stereocenters. The van der Waals surface area contributed by atoms with Gasteiger partial charge in [-0.2, -0.15) is 0 Å². The van der Waals surface area contributed by atoms with Crippen molar-refractivity contribution in [2.45, 2.75) is 26.3 Å². The predicted molar refractivity (Wildman–Crippen MR) is 116 cm³/mol. The SMILES string of the molecule is Cc1ccc(Oc2nccnc2N2CCC(C(=O)NCc3ccccc3F)CC2)cc1. The first kappa shape index (κ1) is 20.8. The molecule has 2 aromatic carbocycles. The van der Waals surface area contributed by atoms with Crippen molar-refractivity contribution < 1.29 is 13.9 Å². The number of nitrogens with zero attached hydrogens (tertiary/aromatic N) is 3. The highest BCUT2D eigenvalue weighted by Gasteiger charge is 2.27. The van der Waals surface area contributed by atoms with Gasteiger partial charge in [-0.15, -0.1) is 0 Å². The van der Waals surface area contributed by atoms with Gasteiger partial charge in [-0.3, -0.25) is 4.79 Å². The molecule has 2 heterocycles. The lowest BCUT2D eigenvalue weighted by Crippen LogP contribution is -2.40. The van der Waals surface area contributed by atoms with Gasteiger partial charge in [0.15, 0.2) is 5.82 Å². The van der Waals surface area contributed by atoms with Crippen molar-refractivity contribution in [1.82, 2.24) is 15.3 Å². The van der Waals surface area contributed by atoms with Crippen molar-refractivity contribution in [3.8, 4) is 11.6 Å². The Hall–Kier alpha value is -3.48. The molecule has 1 fully saturated rings. The molecule has 3 aromatic rings. The fourth-order valence-corrected chi connectivity index (χ4v) is 3.65. The number of rotatable bonds is 6. The summed E-state index contributed by atoms with van der Waals surface area (Å²) in [6, 6.07) is 14.3. The quantitative estimate of drug-likeness (QED) is 0.646. The fourth-order valence-electron chi connectivity index (χ4n) is 3.65. The number of ether oxygens (including phenoxy) is 1. The molecule has 6 nitrogen and oxygen atoms in total. The van der Waals surface area contributed by atoms with Crippen molar-refractivity contribution >= 4 is 11.7 Å². The summed E-state index contributed by atoms with van der Waals surface area (Å²) in [4.78, 5) is 23.5. The third kappa shape index (κ3) is 5.17. The molecule has 0 radical (unpaired) electrons. The van der Waals surface area contributed by atoms with Crippen molar-refractivity contribution in [1.29, 1.82) is 0 Å². The summed E-state index contributed by atoms with van der Waals surface area (Å²) >= 11 is 0. The number of halogens is 1. The third-order valence-electron chi connectivity index (χ3n) is 5.46. The number of hydrogen-bond acceptors (Lipinski definition) is 5. The zero-order valence-electron chi connectivity index (χ0n) is 17.4. The Labute approximate surface area is 181 Å². The first-order chi connectivity index (χ1) is 15.1. The summed E-state index contributed by atoms with van der Waals surface area (Å²) in [5.74, 6) is 1.37. The van der Waals surface area contributed by atoms with Crippen LogP contribution in [0.5, 0.6) is 11.6 Å². The number of carbonyl (C=O) groups is 1. The topological polar surface area (TPSA) is 67.4 Å². The molecular weight excluding hydrogens is 395 g/mol.